The third-order valence-electron chi connectivity index (χ3n) is 5.85. The smallest absolute Gasteiger partial charge is 0.161 e. The second-order valence-electron chi connectivity index (χ2n) is 7.15. The molecule has 3 aliphatic heterocycles. The number of piperidine rings is 1. The van der Waals surface area contributed by atoms with Gasteiger partial charge in [-0.15, -0.1) is 0 Å². The summed E-state index contributed by atoms with van der Waals surface area (Å²) in [7, 11) is 2.50. The lowest BCUT2D eigenvalue weighted by molar-refractivity contribution is 0.0747. The number of hydrogen-bond acceptors (Lipinski definition) is 5. The molecular weight excluding hydrogens is 338 g/mol. The first-order chi connectivity index (χ1) is 12.1. The van der Waals surface area contributed by atoms with Crippen LogP contribution in [0.3, 0.4) is 0 Å². The molecule has 0 amide bonds. The highest BCUT2D eigenvalue weighted by atomic mass is 32.2. The first-order valence-electron chi connectivity index (χ1n) is 9.02. The van der Waals surface area contributed by atoms with Gasteiger partial charge in [0.05, 0.1) is 31.2 Å². The highest BCUT2D eigenvalue weighted by molar-refractivity contribution is 7.82. The Bertz CT molecular complexity index is 684. The molecule has 3 aliphatic rings. The molecule has 1 aromatic rings. The van der Waals surface area contributed by atoms with Crippen LogP contribution in [0, 0.1) is 0 Å². The maximum Gasteiger partial charge on any atom is 0.161 e. The van der Waals surface area contributed by atoms with E-state index in [0.29, 0.717) is 6.04 Å². The van der Waals surface area contributed by atoms with E-state index in [0.717, 1.165) is 56.1 Å². The molecule has 7 heteroatoms. The van der Waals surface area contributed by atoms with Crippen molar-refractivity contribution in [3.63, 3.8) is 0 Å². The van der Waals surface area contributed by atoms with Gasteiger partial charge in [0.1, 0.15) is 0 Å². The van der Waals surface area contributed by atoms with E-state index in [9.17, 15) is 4.21 Å². The van der Waals surface area contributed by atoms with E-state index in [1.807, 2.05) is 0 Å². The summed E-state index contributed by atoms with van der Waals surface area (Å²) in [5, 5.41) is 0. The molecule has 0 saturated carbocycles. The quantitative estimate of drug-likeness (QED) is 0.868. The molecule has 4 rings (SSSR count). The minimum Gasteiger partial charge on any atom is -0.493 e. The molecule has 6 nitrogen and oxygen atoms in total. The van der Waals surface area contributed by atoms with Crippen molar-refractivity contribution in [3.05, 3.63) is 23.3 Å². The van der Waals surface area contributed by atoms with E-state index in [-0.39, 0.29) is 12.1 Å². The van der Waals surface area contributed by atoms with Crippen LogP contribution < -0.4 is 15.2 Å². The molecule has 4 unspecified atom stereocenters. The second kappa shape index (κ2) is 6.87. The molecule has 2 fully saturated rings. The third-order valence-corrected chi connectivity index (χ3v) is 7.47. The van der Waals surface area contributed by atoms with Crippen molar-refractivity contribution in [1.82, 2.24) is 9.21 Å². The van der Waals surface area contributed by atoms with E-state index in [1.54, 1.807) is 14.2 Å². The zero-order valence-corrected chi connectivity index (χ0v) is 15.8. The standard InChI is InChI=1S/C18H27N3O3S/c1-23-17-8-12-4-6-20-11-16(21-5-3-7-25(21)22)14(19)10-15(20)13(12)9-18(17)24-2/h8-9,14-16H,3-7,10-11,19H2,1-2H3. The van der Waals surface area contributed by atoms with Crippen LogP contribution in [0.1, 0.15) is 30.0 Å². The zero-order chi connectivity index (χ0) is 17.6. The molecule has 3 heterocycles. The topological polar surface area (TPSA) is 68.0 Å². The highest BCUT2D eigenvalue weighted by Gasteiger charge is 2.42. The fraction of sp³-hybridized carbons (Fsp3) is 0.667. The number of ether oxygens (including phenoxy) is 2. The Kier molecular flexibility index (Phi) is 4.75. The van der Waals surface area contributed by atoms with Crippen LogP contribution in [-0.4, -0.2) is 65.1 Å². The molecule has 1 aromatic carbocycles. The number of rotatable bonds is 3. The van der Waals surface area contributed by atoms with Gasteiger partial charge in [-0.3, -0.25) is 4.90 Å². The maximum absolute atomic E-state index is 12.3. The summed E-state index contributed by atoms with van der Waals surface area (Å²) in [4.78, 5) is 2.51. The summed E-state index contributed by atoms with van der Waals surface area (Å²) in [6.45, 7) is 2.81. The van der Waals surface area contributed by atoms with Gasteiger partial charge >= 0.3 is 0 Å². The molecule has 25 heavy (non-hydrogen) atoms. The predicted octanol–water partition coefficient (Wildman–Crippen LogP) is 1.07. The minimum absolute atomic E-state index is 0.0438. The molecule has 0 spiro atoms. The number of nitrogens with zero attached hydrogens (tertiary/aromatic N) is 2. The first-order valence-corrected chi connectivity index (χ1v) is 10.3. The average molecular weight is 365 g/mol. The number of benzene rings is 1. The van der Waals surface area contributed by atoms with E-state index in [4.69, 9.17) is 15.2 Å². The highest BCUT2D eigenvalue weighted by Crippen LogP contribution is 2.42. The Morgan fingerprint density at radius 2 is 1.96 bits per heavy atom. The lowest BCUT2D eigenvalue weighted by Crippen LogP contribution is -2.59. The SMILES string of the molecule is COc1cc2c(cc1OC)C1CC(N)C(N3CCCS3=O)CN1CC2. The minimum atomic E-state index is -0.855. The lowest BCUT2D eigenvalue weighted by atomic mass is 9.83. The Labute approximate surface area is 151 Å². The van der Waals surface area contributed by atoms with Crippen molar-refractivity contribution < 1.29 is 13.7 Å². The van der Waals surface area contributed by atoms with Crippen molar-refractivity contribution in [2.24, 2.45) is 5.73 Å². The number of methoxy groups -OCH3 is 2. The van der Waals surface area contributed by atoms with Crippen LogP contribution >= 0.6 is 0 Å². The second-order valence-corrected chi connectivity index (χ2v) is 8.67. The normalized spacial score (nSPS) is 32.9. The van der Waals surface area contributed by atoms with Gasteiger partial charge in [-0.2, -0.15) is 0 Å². The van der Waals surface area contributed by atoms with Gasteiger partial charge in [-0.25, -0.2) is 8.51 Å². The largest absolute Gasteiger partial charge is 0.493 e. The van der Waals surface area contributed by atoms with E-state index < -0.39 is 11.0 Å². The Hall–Kier alpha value is -1.15. The molecule has 4 atom stereocenters. The van der Waals surface area contributed by atoms with Gasteiger partial charge in [0.25, 0.3) is 0 Å². The van der Waals surface area contributed by atoms with E-state index in [1.165, 1.54) is 11.1 Å². The van der Waals surface area contributed by atoms with Crippen molar-refractivity contribution in [2.75, 3.05) is 39.6 Å². The number of fused-ring (bicyclic) bond motifs is 3. The number of nitrogens with two attached hydrogens (primary N) is 1. The summed E-state index contributed by atoms with van der Waals surface area (Å²) < 4.78 is 25.3. The summed E-state index contributed by atoms with van der Waals surface area (Å²) in [5.74, 6) is 2.35. The first kappa shape index (κ1) is 17.3. The van der Waals surface area contributed by atoms with E-state index >= 15 is 0 Å². The fourth-order valence-electron chi connectivity index (χ4n) is 4.55. The molecule has 0 aliphatic carbocycles. The Morgan fingerprint density at radius 3 is 2.64 bits per heavy atom. The molecule has 138 valence electrons. The third kappa shape index (κ3) is 2.97. The summed E-state index contributed by atoms with van der Waals surface area (Å²) in [5.41, 5.74) is 9.19. The fourth-order valence-corrected chi connectivity index (χ4v) is 6.02. The van der Waals surface area contributed by atoms with Crippen molar-refractivity contribution in [2.45, 2.75) is 37.4 Å². The Balaban J connectivity index is 1.61. The van der Waals surface area contributed by atoms with Gasteiger partial charge in [-0.05, 0) is 42.5 Å². The molecular formula is C18H27N3O3S. The van der Waals surface area contributed by atoms with Crippen molar-refractivity contribution >= 4 is 11.0 Å². The van der Waals surface area contributed by atoms with Gasteiger partial charge in [0, 0.05) is 37.5 Å². The zero-order valence-electron chi connectivity index (χ0n) is 14.9. The maximum atomic E-state index is 12.3. The monoisotopic (exact) mass is 365 g/mol. The molecule has 2 saturated heterocycles. The van der Waals surface area contributed by atoms with Crippen LogP contribution in [0.4, 0.5) is 0 Å². The van der Waals surface area contributed by atoms with Crippen LogP contribution in [0.2, 0.25) is 0 Å². The lowest BCUT2D eigenvalue weighted by Gasteiger charge is -2.48. The van der Waals surface area contributed by atoms with Gasteiger partial charge in [-0.1, -0.05) is 0 Å². The van der Waals surface area contributed by atoms with Crippen molar-refractivity contribution in [3.8, 4) is 11.5 Å². The van der Waals surface area contributed by atoms with E-state index in [2.05, 4.69) is 21.3 Å². The van der Waals surface area contributed by atoms with Gasteiger partial charge in [0.15, 0.2) is 11.5 Å². The Morgan fingerprint density at radius 1 is 1.20 bits per heavy atom. The van der Waals surface area contributed by atoms with Crippen LogP contribution in [-0.2, 0) is 17.4 Å². The molecule has 0 radical (unpaired) electrons. The van der Waals surface area contributed by atoms with Crippen molar-refractivity contribution in [1.29, 1.82) is 0 Å². The average Bonchev–Trinajstić information content (AvgIpc) is 3.05. The summed E-state index contributed by atoms with van der Waals surface area (Å²) >= 11 is 0. The van der Waals surface area contributed by atoms with Crippen LogP contribution in [0.5, 0.6) is 11.5 Å². The molecule has 0 aromatic heterocycles. The molecule has 2 N–H and O–H groups in total. The summed E-state index contributed by atoms with van der Waals surface area (Å²) in [6.07, 6.45) is 2.90. The molecule has 0 bridgehead atoms. The van der Waals surface area contributed by atoms with Gasteiger partial charge in [0.2, 0.25) is 0 Å². The summed E-state index contributed by atoms with van der Waals surface area (Å²) in [6, 6.07) is 4.78. The van der Waals surface area contributed by atoms with Crippen LogP contribution in [0.25, 0.3) is 0 Å². The van der Waals surface area contributed by atoms with Crippen LogP contribution in [0.15, 0.2) is 12.1 Å². The predicted molar refractivity (Wildman–Crippen MR) is 98.3 cm³/mol. The number of hydrogen-bond donors (Lipinski definition) is 1. The van der Waals surface area contributed by atoms with Gasteiger partial charge < -0.3 is 15.2 Å².